The minimum atomic E-state index is -0.892. The van der Waals surface area contributed by atoms with Crippen LogP contribution < -0.4 is 0 Å². The summed E-state index contributed by atoms with van der Waals surface area (Å²) in [4.78, 5) is 12.0. The topological polar surface area (TPSA) is 57.5 Å². The zero-order valence-electron chi connectivity index (χ0n) is 9.34. The summed E-state index contributed by atoms with van der Waals surface area (Å²) < 4.78 is 0.576. The highest BCUT2D eigenvalue weighted by atomic mass is 35.5. The summed E-state index contributed by atoms with van der Waals surface area (Å²) >= 11 is 7.09. The van der Waals surface area contributed by atoms with E-state index in [-0.39, 0.29) is 5.75 Å². The number of carboxylic acid groups (broad SMARTS) is 1. The van der Waals surface area contributed by atoms with E-state index >= 15 is 0 Å². The molecule has 0 fully saturated rings. The number of hydrogen-bond donors (Lipinski definition) is 2. The third kappa shape index (κ3) is 3.03. The van der Waals surface area contributed by atoms with Crippen molar-refractivity contribution in [2.75, 3.05) is 0 Å². The van der Waals surface area contributed by atoms with Gasteiger partial charge in [-0.2, -0.15) is 0 Å². The van der Waals surface area contributed by atoms with Crippen LogP contribution >= 0.6 is 22.9 Å². The molecule has 0 spiro atoms. The third-order valence-corrected chi connectivity index (χ3v) is 3.93. The first kappa shape index (κ1) is 12.9. The van der Waals surface area contributed by atoms with E-state index in [4.69, 9.17) is 11.6 Å². The summed E-state index contributed by atoms with van der Waals surface area (Å²) in [5.41, 5.74) is 0.784. The Kier molecular flexibility index (Phi) is 3.89. The molecular formula is C13H11ClO3S. The number of carboxylic acids is 1. The second kappa shape index (κ2) is 5.42. The predicted octanol–water partition coefficient (Wildman–Crippen LogP) is 3.52. The van der Waals surface area contributed by atoms with E-state index in [0.717, 1.165) is 10.4 Å². The quantitative estimate of drug-likeness (QED) is 0.902. The van der Waals surface area contributed by atoms with Crippen LogP contribution in [0.2, 0.25) is 4.34 Å². The maximum absolute atomic E-state index is 11.3. The summed E-state index contributed by atoms with van der Waals surface area (Å²) in [6.45, 7) is 0. The molecule has 94 valence electrons. The Morgan fingerprint density at radius 2 is 2.11 bits per heavy atom. The van der Waals surface area contributed by atoms with Gasteiger partial charge in [0.15, 0.2) is 0 Å². The lowest BCUT2D eigenvalue weighted by Gasteiger charge is -2.10. The van der Waals surface area contributed by atoms with Crippen molar-refractivity contribution < 1.29 is 15.0 Å². The lowest BCUT2D eigenvalue weighted by Crippen LogP contribution is -2.13. The number of aliphatic carboxylic acids is 1. The van der Waals surface area contributed by atoms with Crippen molar-refractivity contribution >= 4 is 28.9 Å². The number of rotatable bonds is 4. The number of phenolic OH excluding ortho intramolecular Hbond substituents is 1. The number of halogens is 1. The molecule has 0 radical (unpaired) electrons. The van der Waals surface area contributed by atoms with E-state index in [1.54, 1.807) is 36.4 Å². The van der Waals surface area contributed by atoms with Gasteiger partial charge in [0.1, 0.15) is 5.75 Å². The summed E-state index contributed by atoms with van der Waals surface area (Å²) in [6.07, 6.45) is 0.334. The molecule has 2 rings (SSSR count). The van der Waals surface area contributed by atoms with Crippen molar-refractivity contribution in [1.29, 1.82) is 0 Å². The van der Waals surface area contributed by atoms with Crippen LogP contribution in [0.1, 0.15) is 16.4 Å². The molecule has 0 aliphatic rings. The number of phenols is 1. The molecule has 1 aromatic heterocycles. The standard InChI is InChI=1S/C13H11ClO3S/c14-12-5-4-11(18-12)10(13(16)17)7-8-2-1-3-9(15)6-8/h1-6,10,15H,7H2,(H,16,17). The van der Waals surface area contributed by atoms with E-state index in [1.165, 1.54) is 11.3 Å². The van der Waals surface area contributed by atoms with Crippen molar-refractivity contribution in [1.82, 2.24) is 0 Å². The molecule has 0 amide bonds. The van der Waals surface area contributed by atoms with Gasteiger partial charge in [0.2, 0.25) is 0 Å². The fourth-order valence-corrected chi connectivity index (χ4v) is 2.90. The van der Waals surface area contributed by atoms with Gasteiger partial charge in [0.05, 0.1) is 10.3 Å². The van der Waals surface area contributed by atoms with Gasteiger partial charge in [-0.1, -0.05) is 23.7 Å². The second-order valence-electron chi connectivity index (χ2n) is 3.91. The Labute approximate surface area is 113 Å². The fourth-order valence-electron chi connectivity index (χ4n) is 1.74. The fraction of sp³-hybridized carbons (Fsp3) is 0.154. The Morgan fingerprint density at radius 3 is 2.67 bits per heavy atom. The van der Waals surface area contributed by atoms with Crippen LogP contribution in [0.5, 0.6) is 5.75 Å². The van der Waals surface area contributed by atoms with Crippen LogP contribution in [0.25, 0.3) is 0 Å². The minimum Gasteiger partial charge on any atom is -0.508 e. The van der Waals surface area contributed by atoms with E-state index in [1.807, 2.05) is 0 Å². The molecule has 3 nitrogen and oxygen atoms in total. The van der Waals surface area contributed by atoms with E-state index < -0.39 is 11.9 Å². The largest absolute Gasteiger partial charge is 0.508 e. The molecule has 18 heavy (non-hydrogen) atoms. The molecule has 1 heterocycles. The maximum atomic E-state index is 11.3. The third-order valence-electron chi connectivity index (χ3n) is 2.59. The molecule has 1 aromatic carbocycles. The maximum Gasteiger partial charge on any atom is 0.312 e. The Hall–Kier alpha value is -1.52. The SMILES string of the molecule is O=C(O)C(Cc1cccc(O)c1)c1ccc(Cl)s1. The van der Waals surface area contributed by atoms with Crippen molar-refractivity contribution in [3.63, 3.8) is 0 Å². The van der Waals surface area contributed by atoms with E-state index in [9.17, 15) is 15.0 Å². The zero-order valence-corrected chi connectivity index (χ0v) is 10.9. The number of benzene rings is 1. The first-order chi connectivity index (χ1) is 8.56. The Bertz CT molecular complexity index is 565. The van der Waals surface area contributed by atoms with E-state index in [2.05, 4.69) is 0 Å². The highest BCUT2D eigenvalue weighted by Crippen LogP contribution is 2.31. The number of aromatic hydroxyl groups is 1. The highest BCUT2D eigenvalue weighted by Gasteiger charge is 2.22. The highest BCUT2D eigenvalue weighted by molar-refractivity contribution is 7.16. The average Bonchev–Trinajstić information content (AvgIpc) is 2.72. The lowest BCUT2D eigenvalue weighted by atomic mass is 9.98. The van der Waals surface area contributed by atoms with Crippen LogP contribution in [0.4, 0.5) is 0 Å². The molecule has 0 saturated carbocycles. The van der Waals surface area contributed by atoms with Gasteiger partial charge in [0.25, 0.3) is 0 Å². The van der Waals surface area contributed by atoms with Gasteiger partial charge >= 0.3 is 5.97 Å². The molecule has 2 N–H and O–H groups in total. The lowest BCUT2D eigenvalue weighted by molar-refractivity contribution is -0.138. The smallest absolute Gasteiger partial charge is 0.312 e. The van der Waals surface area contributed by atoms with Gasteiger partial charge in [-0.25, -0.2) is 0 Å². The van der Waals surface area contributed by atoms with Gasteiger partial charge in [-0.05, 0) is 36.2 Å². The van der Waals surface area contributed by atoms with Gasteiger partial charge in [0, 0.05) is 4.88 Å². The minimum absolute atomic E-state index is 0.140. The molecular weight excluding hydrogens is 272 g/mol. The van der Waals surface area contributed by atoms with Crippen LogP contribution in [0, 0.1) is 0 Å². The van der Waals surface area contributed by atoms with Crippen molar-refractivity contribution in [3.8, 4) is 5.75 Å². The first-order valence-corrected chi connectivity index (χ1v) is 6.51. The molecule has 0 saturated heterocycles. The molecule has 2 aromatic rings. The monoisotopic (exact) mass is 282 g/mol. The molecule has 0 bridgehead atoms. The van der Waals surface area contributed by atoms with Gasteiger partial charge in [-0.15, -0.1) is 11.3 Å². The van der Waals surface area contributed by atoms with Crippen molar-refractivity contribution in [2.45, 2.75) is 12.3 Å². The van der Waals surface area contributed by atoms with Crippen molar-refractivity contribution in [3.05, 3.63) is 51.2 Å². The first-order valence-electron chi connectivity index (χ1n) is 5.32. The average molecular weight is 283 g/mol. The van der Waals surface area contributed by atoms with Gasteiger partial charge < -0.3 is 10.2 Å². The Morgan fingerprint density at radius 1 is 1.33 bits per heavy atom. The predicted molar refractivity (Wildman–Crippen MR) is 71.5 cm³/mol. The summed E-state index contributed by atoms with van der Waals surface area (Å²) in [7, 11) is 0. The zero-order chi connectivity index (χ0) is 13.1. The number of thiophene rings is 1. The van der Waals surface area contributed by atoms with Crippen LogP contribution in [-0.2, 0) is 11.2 Å². The van der Waals surface area contributed by atoms with Gasteiger partial charge in [-0.3, -0.25) is 4.79 Å². The number of carbonyl (C=O) groups is 1. The molecule has 1 unspecified atom stereocenters. The van der Waals surface area contributed by atoms with Crippen LogP contribution in [-0.4, -0.2) is 16.2 Å². The summed E-state index contributed by atoms with van der Waals surface area (Å²) in [6, 6.07) is 10.1. The molecule has 5 heteroatoms. The molecule has 0 aliphatic carbocycles. The van der Waals surface area contributed by atoms with Crippen molar-refractivity contribution in [2.24, 2.45) is 0 Å². The second-order valence-corrected chi connectivity index (χ2v) is 5.65. The van der Waals surface area contributed by atoms with Crippen LogP contribution in [0.15, 0.2) is 36.4 Å². The molecule has 1 atom stereocenters. The summed E-state index contributed by atoms with van der Waals surface area (Å²) in [5.74, 6) is -1.39. The Balaban J connectivity index is 2.24. The molecule has 0 aliphatic heterocycles. The number of hydrogen-bond acceptors (Lipinski definition) is 3. The van der Waals surface area contributed by atoms with E-state index in [0.29, 0.717) is 10.8 Å². The normalized spacial score (nSPS) is 12.3. The van der Waals surface area contributed by atoms with Crippen LogP contribution in [0.3, 0.4) is 0 Å². The summed E-state index contributed by atoms with van der Waals surface area (Å²) in [5, 5.41) is 18.6.